The van der Waals surface area contributed by atoms with Crippen molar-refractivity contribution in [3.05, 3.63) is 42.0 Å². The van der Waals surface area contributed by atoms with Crippen LogP contribution >= 0.6 is 0 Å². The molecule has 0 radical (unpaired) electrons. The molecular formula is C15H17N3O6S2. The molecule has 2 aromatic rings. The summed E-state index contributed by atoms with van der Waals surface area (Å²) in [5, 5.41) is 2.63. The fourth-order valence-electron chi connectivity index (χ4n) is 3.03. The molecule has 11 heteroatoms. The first-order valence-corrected chi connectivity index (χ1v) is 11.3. The maximum atomic E-state index is 12.7. The number of ether oxygens (including phenoxy) is 1. The monoisotopic (exact) mass is 399 g/mol. The Morgan fingerprint density at radius 2 is 1.81 bits per heavy atom. The number of carbonyl (C=O) groups is 1. The average molecular weight is 399 g/mol. The molecule has 2 heterocycles. The molecular weight excluding hydrogens is 382 g/mol. The number of hydrogen-bond donors (Lipinski definition) is 1. The predicted molar refractivity (Wildman–Crippen MR) is 94.5 cm³/mol. The number of benzene rings is 1. The third kappa shape index (κ3) is 2.42. The van der Waals surface area contributed by atoms with Crippen LogP contribution in [0.3, 0.4) is 0 Å². The van der Waals surface area contributed by atoms with Gasteiger partial charge >= 0.3 is 5.97 Å². The molecule has 0 bridgehead atoms. The zero-order chi connectivity index (χ0) is 19.3. The van der Waals surface area contributed by atoms with Crippen molar-refractivity contribution in [2.75, 3.05) is 24.4 Å². The van der Waals surface area contributed by atoms with Crippen molar-refractivity contribution in [1.29, 1.82) is 0 Å². The standard InChI is InChI=1S/C15H17N3O6S2/c1-4-24-14(19)12-13-15(25(2,20)21,26(3,22)23)17-10-7-5-6-8-11(10)18(13)9-16-12/h5-9,17H,4H2,1-3H3. The first-order valence-electron chi connectivity index (χ1n) is 7.56. The van der Waals surface area contributed by atoms with Gasteiger partial charge in [-0.3, -0.25) is 4.57 Å². The number of esters is 1. The Morgan fingerprint density at radius 1 is 1.19 bits per heavy atom. The number of anilines is 1. The van der Waals surface area contributed by atoms with Gasteiger partial charge in [-0.25, -0.2) is 26.6 Å². The minimum absolute atomic E-state index is 0.0277. The number of imidazole rings is 1. The van der Waals surface area contributed by atoms with E-state index in [1.165, 1.54) is 10.9 Å². The highest BCUT2D eigenvalue weighted by molar-refractivity contribution is 8.09. The lowest BCUT2D eigenvalue weighted by molar-refractivity contribution is 0.0518. The van der Waals surface area contributed by atoms with E-state index in [1.807, 2.05) is 0 Å². The first-order chi connectivity index (χ1) is 12.0. The summed E-state index contributed by atoms with van der Waals surface area (Å²) in [5.41, 5.74) is 0.0708. The van der Waals surface area contributed by atoms with Crippen molar-refractivity contribution in [2.24, 2.45) is 0 Å². The molecule has 1 aliphatic heterocycles. The maximum Gasteiger partial charge on any atom is 0.359 e. The molecule has 0 amide bonds. The third-order valence-corrected chi connectivity index (χ3v) is 8.55. The van der Waals surface area contributed by atoms with Crippen LogP contribution in [-0.4, -0.2) is 51.5 Å². The number of nitrogens with one attached hydrogen (secondary N) is 1. The number of nitrogens with zero attached hydrogens (tertiary/aromatic N) is 2. The summed E-state index contributed by atoms with van der Waals surface area (Å²) in [5.74, 6) is -0.904. The van der Waals surface area contributed by atoms with Crippen LogP contribution in [0.4, 0.5) is 5.69 Å². The number of fused-ring (bicyclic) bond motifs is 3. The van der Waals surface area contributed by atoms with Crippen molar-refractivity contribution in [3.8, 4) is 5.69 Å². The normalized spacial score (nSPS) is 15.5. The molecule has 0 saturated heterocycles. The highest BCUT2D eigenvalue weighted by Crippen LogP contribution is 2.44. The van der Waals surface area contributed by atoms with E-state index in [1.54, 1.807) is 31.2 Å². The molecule has 26 heavy (non-hydrogen) atoms. The fourth-order valence-corrected chi connectivity index (χ4v) is 6.91. The Kier molecular flexibility index (Phi) is 4.11. The summed E-state index contributed by atoms with van der Waals surface area (Å²) in [6.07, 6.45) is 2.80. The van der Waals surface area contributed by atoms with Gasteiger partial charge < -0.3 is 10.1 Å². The molecule has 0 saturated carbocycles. The second kappa shape index (κ2) is 5.81. The van der Waals surface area contributed by atoms with E-state index in [2.05, 4.69) is 10.3 Å². The molecule has 0 spiro atoms. The van der Waals surface area contributed by atoms with Gasteiger partial charge in [0.1, 0.15) is 12.0 Å². The molecule has 0 aliphatic carbocycles. The summed E-state index contributed by atoms with van der Waals surface area (Å²) < 4.78 is 54.5. The quantitative estimate of drug-likeness (QED) is 0.744. The summed E-state index contributed by atoms with van der Waals surface area (Å²) in [4.78, 5) is 16.3. The molecule has 1 aliphatic rings. The minimum Gasteiger partial charge on any atom is -0.461 e. The van der Waals surface area contributed by atoms with Crippen molar-refractivity contribution in [2.45, 2.75) is 11.1 Å². The van der Waals surface area contributed by atoms with E-state index >= 15 is 0 Å². The van der Waals surface area contributed by atoms with Crippen LogP contribution in [0.1, 0.15) is 23.1 Å². The molecule has 0 unspecified atom stereocenters. The second-order valence-electron chi connectivity index (χ2n) is 5.84. The van der Waals surface area contributed by atoms with E-state index in [-0.39, 0.29) is 23.7 Å². The smallest absolute Gasteiger partial charge is 0.359 e. The van der Waals surface area contributed by atoms with E-state index in [4.69, 9.17) is 4.74 Å². The highest BCUT2D eigenvalue weighted by atomic mass is 32.3. The van der Waals surface area contributed by atoms with Crippen LogP contribution in [0.15, 0.2) is 30.6 Å². The zero-order valence-electron chi connectivity index (χ0n) is 14.3. The van der Waals surface area contributed by atoms with Crippen molar-refractivity contribution in [3.63, 3.8) is 0 Å². The molecule has 1 aromatic carbocycles. The average Bonchev–Trinajstić information content (AvgIpc) is 2.97. The lowest BCUT2D eigenvalue weighted by Gasteiger charge is -2.37. The third-order valence-electron chi connectivity index (χ3n) is 4.06. The van der Waals surface area contributed by atoms with Gasteiger partial charge in [-0.2, -0.15) is 0 Å². The van der Waals surface area contributed by atoms with Gasteiger partial charge in [0, 0.05) is 12.5 Å². The fraction of sp³-hybridized carbons (Fsp3) is 0.333. The predicted octanol–water partition coefficient (Wildman–Crippen LogP) is 0.674. The summed E-state index contributed by atoms with van der Waals surface area (Å²) in [6.45, 7) is 1.61. The number of carbonyl (C=O) groups excluding carboxylic acids is 1. The second-order valence-corrected chi connectivity index (χ2v) is 10.4. The molecule has 0 fully saturated rings. The molecule has 9 nitrogen and oxygen atoms in total. The van der Waals surface area contributed by atoms with Gasteiger partial charge in [-0.15, -0.1) is 0 Å². The highest BCUT2D eigenvalue weighted by Gasteiger charge is 2.59. The minimum atomic E-state index is -4.31. The van der Waals surface area contributed by atoms with Crippen LogP contribution in [0, 0.1) is 0 Å². The molecule has 1 N–H and O–H groups in total. The summed E-state index contributed by atoms with van der Waals surface area (Å²) in [6, 6.07) is 6.53. The summed E-state index contributed by atoms with van der Waals surface area (Å²) in [7, 11) is -8.62. The number of rotatable bonds is 4. The SMILES string of the molecule is CCOC(=O)c1ncn2c1C(S(C)(=O)=O)(S(C)(=O)=O)Nc1ccccc1-2. The van der Waals surface area contributed by atoms with Crippen LogP contribution in [0.25, 0.3) is 5.69 Å². The van der Waals surface area contributed by atoms with E-state index in [0.717, 1.165) is 12.5 Å². The number of para-hydroxylation sites is 2. The topological polar surface area (TPSA) is 124 Å². The Morgan fingerprint density at radius 3 is 2.38 bits per heavy atom. The van der Waals surface area contributed by atoms with Gasteiger partial charge in [0.2, 0.25) is 0 Å². The zero-order valence-corrected chi connectivity index (χ0v) is 15.9. The van der Waals surface area contributed by atoms with E-state index < -0.39 is 29.8 Å². The lowest BCUT2D eigenvalue weighted by Crippen LogP contribution is -2.53. The maximum absolute atomic E-state index is 12.7. The van der Waals surface area contributed by atoms with Gasteiger partial charge in [-0.05, 0) is 19.1 Å². The number of sulfone groups is 2. The van der Waals surface area contributed by atoms with Crippen LogP contribution in [-0.2, 0) is 28.6 Å². The van der Waals surface area contributed by atoms with Crippen molar-refractivity contribution >= 4 is 31.3 Å². The molecule has 3 rings (SSSR count). The first kappa shape index (κ1) is 18.4. The van der Waals surface area contributed by atoms with Crippen LogP contribution < -0.4 is 5.32 Å². The Hall–Kier alpha value is -2.40. The molecule has 1 aromatic heterocycles. The molecule has 0 atom stereocenters. The van der Waals surface area contributed by atoms with Gasteiger partial charge in [0.05, 0.1) is 18.0 Å². The van der Waals surface area contributed by atoms with Crippen LogP contribution in [0.5, 0.6) is 0 Å². The van der Waals surface area contributed by atoms with Gasteiger partial charge in [0.15, 0.2) is 25.4 Å². The van der Waals surface area contributed by atoms with Gasteiger partial charge in [-0.1, -0.05) is 12.1 Å². The largest absolute Gasteiger partial charge is 0.461 e. The van der Waals surface area contributed by atoms with E-state index in [0.29, 0.717) is 5.69 Å². The van der Waals surface area contributed by atoms with Crippen LogP contribution in [0.2, 0.25) is 0 Å². The van der Waals surface area contributed by atoms with Crippen molar-refractivity contribution < 1.29 is 26.4 Å². The van der Waals surface area contributed by atoms with Gasteiger partial charge in [0.25, 0.3) is 4.20 Å². The summed E-state index contributed by atoms with van der Waals surface area (Å²) >= 11 is 0. The Balaban J connectivity index is 2.49. The lowest BCUT2D eigenvalue weighted by atomic mass is 10.2. The molecule has 140 valence electrons. The van der Waals surface area contributed by atoms with E-state index in [9.17, 15) is 21.6 Å². The number of hydrogen-bond acceptors (Lipinski definition) is 8. The number of aromatic nitrogens is 2. The Bertz CT molecular complexity index is 1070. The van der Waals surface area contributed by atoms with Crippen molar-refractivity contribution in [1.82, 2.24) is 9.55 Å². The Labute approximate surface area is 150 Å².